The number of carbonyl (C=O) groups is 1. The maximum absolute atomic E-state index is 13.0. The van der Waals surface area contributed by atoms with Crippen molar-refractivity contribution in [1.82, 2.24) is 19.2 Å². The highest BCUT2D eigenvalue weighted by Gasteiger charge is 2.47. The van der Waals surface area contributed by atoms with Crippen molar-refractivity contribution in [2.75, 3.05) is 26.2 Å². The molecule has 1 aromatic rings. The summed E-state index contributed by atoms with van der Waals surface area (Å²) < 4.78 is 27.1. The molecule has 1 amide bonds. The third-order valence-electron chi connectivity index (χ3n) is 5.64. The van der Waals surface area contributed by atoms with E-state index in [0.717, 1.165) is 32.4 Å². The van der Waals surface area contributed by atoms with Crippen molar-refractivity contribution >= 4 is 15.9 Å². The van der Waals surface area contributed by atoms with Crippen LogP contribution in [0.25, 0.3) is 0 Å². The molecular formula is C16H25N5O5S. The summed E-state index contributed by atoms with van der Waals surface area (Å²) >= 11 is 0. The van der Waals surface area contributed by atoms with Crippen molar-refractivity contribution in [3.05, 3.63) is 26.5 Å². The molecule has 27 heavy (non-hydrogen) atoms. The predicted octanol–water partition coefficient (Wildman–Crippen LogP) is -1.13. The molecule has 2 saturated heterocycles. The van der Waals surface area contributed by atoms with Crippen LogP contribution in [0.4, 0.5) is 0 Å². The Morgan fingerprint density at radius 3 is 2.15 bits per heavy atom. The standard InChI is InChI=1S/C16H25N5O5S/c1-11-12(13(22)19-15(24)18-11)27(25,26)21-9-5-16(6-10-21,14(17)23)20-7-3-2-4-8-20/h2-10H2,1H3,(H2,17,23)(H2,18,19,22,24). The summed E-state index contributed by atoms with van der Waals surface area (Å²) in [7, 11) is -4.10. The fourth-order valence-electron chi connectivity index (χ4n) is 4.17. The van der Waals surface area contributed by atoms with E-state index in [-0.39, 0.29) is 31.6 Å². The second-order valence-electron chi connectivity index (χ2n) is 7.21. The van der Waals surface area contributed by atoms with Gasteiger partial charge >= 0.3 is 5.69 Å². The average molecular weight is 399 g/mol. The van der Waals surface area contributed by atoms with E-state index in [2.05, 4.69) is 9.88 Å². The lowest BCUT2D eigenvalue weighted by Gasteiger charge is -2.47. The molecule has 0 saturated carbocycles. The molecule has 3 heterocycles. The molecule has 2 fully saturated rings. The molecule has 0 unspecified atom stereocenters. The third kappa shape index (κ3) is 3.46. The summed E-state index contributed by atoms with van der Waals surface area (Å²) in [6, 6.07) is 0. The second kappa shape index (κ2) is 7.21. The number of likely N-dealkylation sites (tertiary alicyclic amines) is 1. The van der Waals surface area contributed by atoms with Gasteiger partial charge in [-0.1, -0.05) is 6.42 Å². The number of aromatic nitrogens is 2. The topological polar surface area (TPSA) is 149 Å². The Balaban J connectivity index is 1.87. The van der Waals surface area contributed by atoms with Crippen LogP contribution >= 0.6 is 0 Å². The lowest BCUT2D eigenvalue weighted by molar-refractivity contribution is -0.134. The largest absolute Gasteiger partial charge is 0.368 e. The number of primary amides is 1. The zero-order valence-electron chi connectivity index (χ0n) is 15.3. The monoisotopic (exact) mass is 399 g/mol. The number of nitrogens with two attached hydrogens (primary N) is 1. The molecule has 2 aliphatic rings. The number of sulfonamides is 1. The van der Waals surface area contributed by atoms with E-state index in [9.17, 15) is 22.8 Å². The van der Waals surface area contributed by atoms with Crippen LogP contribution in [-0.2, 0) is 14.8 Å². The minimum atomic E-state index is -4.10. The molecular weight excluding hydrogens is 374 g/mol. The Morgan fingerprint density at radius 1 is 1.04 bits per heavy atom. The van der Waals surface area contributed by atoms with Crippen LogP contribution in [0.5, 0.6) is 0 Å². The SMILES string of the molecule is Cc1[nH]c(=O)[nH]c(=O)c1S(=O)(=O)N1CCC(C(N)=O)(N2CCCCC2)CC1. The maximum atomic E-state index is 13.0. The molecule has 0 atom stereocenters. The van der Waals surface area contributed by atoms with E-state index in [1.165, 1.54) is 11.2 Å². The van der Waals surface area contributed by atoms with Gasteiger partial charge in [-0.2, -0.15) is 4.31 Å². The first-order chi connectivity index (χ1) is 12.7. The van der Waals surface area contributed by atoms with Gasteiger partial charge in [0.1, 0.15) is 5.54 Å². The first-order valence-corrected chi connectivity index (χ1v) is 10.5. The zero-order chi connectivity index (χ0) is 19.8. The van der Waals surface area contributed by atoms with Crippen molar-refractivity contribution in [2.45, 2.75) is 49.5 Å². The summed E-state index contributed by atoms with van der Waals surface area (Å²) in [6.07, 6.45) is 3.65. The molecule has 2 aliphatic heterocycles. The second-order valence-corrected chi connectivity index (χ2v) is 9.08. The minimum absolute atomic E-state index is 0.00785. The maximum Gasteiger partial charge on any atom is 0.325 e. The highest BCUT2D eigenvalue weighted by Crippen LogP contribution is 2.33. The number of nitrogens with zero attached hydrogens (tertiary/aromatic N) is 2. The molecule has 4 N–H and O–H groups in total. The molecule has 0 aliphatic carbocycles. The van der Waals surface area contributed by atoms with Crippen molar-refractivity contribution < 1.29 is 13.2 Å². The van der Waals surface area contributed by atoms with Crippen LogP contribution in [0.1, 0.15) is 37.8 Å². The molecule has 3 rings (SSSR count). The molecule has 11 heteroatoms. The van der Waals surface area contributed by atoms with E-state index >= 15 is 0 Å². The Kier molecular flexibility index (Phi) is 5.28. The van der Waals surface area contributed by atoms with Crippen LogP contribution in [-0.4, -0.2) is 65.2 Å². The molecule has 0 spiro atoms. The van der Waals surface area contributed by atoms with Crippen molar-refractivity contribution in [1.29, 1.82) is 0 Å². The van der Waals surface area contributed by atoms with Crippen molar-refractivity contribution in [3.8, 4) is 0 Å². The average Bonchev–Trinajstić information content (AvgIpc) is 2.61. The number of piperidine rings is 2. The Hall–Kier alpha value is -1.98. The number of aromatic amines is 2. The van der Waals surface area contributed by atoms with Gasteiger partial charge in [0, 0.05) is 18.8 Å². The van der Waals surface area contributed by atoms with E-state index in [1.54, 1.807) is 0 Å². The zero-order valence-corrected chi connectivity index (χ0v) is 16.1. The van der Waals surface area contributed by atoms with Crippen molar-refractivity contribution in [2.24, 2.45) is 5.73 Å². The van der Waals surface area contributed by atoms with Crippen LogP contribution in [0.15, 0.2) is 14.5 Å². The van der Waals surface area contributed by atoms with E-state index in [0.29, 0.717) is 0 Å². The van der Waals surface area contributed by atoms with E-state index in [4.69, 9.17) is 5.73 Å². The van der Waals surface area contributed by atoms with Crippen LogP contribution in [0.3, 0.4) is 0 Å². The summed E-state index contributed by atoms with van der Waals surface area (Å²) in [4.78, 5) is 41.5. The highest BCUT2D eigenvalue weighted by atomic mass is 32.2. The number of hydrogen-bond donors (Lipinski definition) is 3. The molecule has 10 nitrogen and oxygen atoms in total. The van der Waals surface area contributed by atoms with Crippen LogP contribution in [0.2, 0.25) is 0 Å². The Labute approximate surface area is 156 Å². The molecule has 150 valence electrons. The Bertz CT molecular complexity index is 937. The third-order valence-corrected chi connectivity index (χ3v) is 7.69. The van der Waals surface area contributed by atoms with E-state index < -0.39 is 37.6 Å². The number of aryl methyl sites for hydroxylation is 1. The summed E-state index contributed by atoms with van der Waals surface area (Å²) in [5.41, 5.74) is 3.16. The lowest BCUT2D eigenvalue weighted by atomic mass is 9.84. The number of hydrogen-bond acceptors (Lipinski definition) is 6. The van der Waals surface area contributed by atoms with Gasteiger partial charge in [-0.3, -0.25) is 19.5 Å². The molecule has 0 aromatic carbocycles. The van der Waals surface area contributed by atoms with Gasteiger partial charge in [-0.05, 0) is 45.7 Å². The first-order valence-electron chi connectivity index (χ1n) is 9.07. The van der Waals surface area contributed by atoms with Crippen molar-refractivity contribution in [3.63, 3.8) is 0 Å². The summed E-state index contributed by atoms with van der Waals surface area (Å²) in [6.45, 7) is 3.08. The number of rotatable bonds is 4. The number of carbonyl (C=O) groups excluding carboxylic acids is 1. The lowest BCUT2D eigenvalue weighted by Crippen LogP contribution is -2.63. The fourth-order valence-corrected chi connectivity index (χ4v) is 5.81. The van der Waals surface area contributed by atoms with E-state index in [1.807, 2.05) is 4.98 Å². The fraction of sp³-hybridized carbons (Fsp3) is 0.688. The Morgan fingerprint density at radius 2 is 1.63 bits per heavy atom. The smallest absolute Gasteiger partial charge is 0.325 e. The molecule has 0 radical (unpaired) electrons. The van der Waals surface area contributed by atoms with Crippen LogP contribution in [0, 0.1) is 6.92 Å². The van der Waals surface area contributed by atoms with Gasteiger partial charge in [-0.25, -0.2) is 13.2 Å². The van der Waals surface area contributed by atoms with Crippen LogP contribution < -0.4 is 17.0 Å². The summed E-state index contributed by atoms with van der Waals surface area (Å²) in [5.74, 6) is -0.431. The molecule has 1 aromatic heterocycles. The first kappa shape index (κ1) is 19.8. The van der Waals surface area contributed by atoms with Gasteiger partial charge in [0.25, 0.3) is 5.56 Å². The predicted molar refractivity (Wildman–Crippen MR) is 97.8 cm³/mol. The van der Waals surface area contributed by atoms with Gasteiger partial charge in [-0.15, -0.1) is 0 Å². The van der Waals surface area contributed by atoms with Gasteiger partial charge in [0.05, 0.1) is 0 Å². The minimum Gasteiger partial charge on any atom is -0.368 e. The number of H-pyrrole nitrogens is 2. The quantitative estimate of drug-likeness (QED) is 0.583. The normalized spacial score (nSPS) is 21.8. The number of amides is 1. The number of nitrogens with one attached hydrogen (secondary N) is 2. The summed E-state index contributed by atoms with van der Waals surface area (Å²) in [5, 5.41) is 0. The van der Waals surface area contributed by atoms with Gasteiger partial charge < -0.3 is 10.7 Å². The molecule has 0 bridgehead atoms. The van der Waals surface area contributed by atoms with Gasteiger partial charge in [0.15, 0.2) is 4.90 Å². The van der Waals surface area contributed by atoms with Gasteiger partial charge in [0.2, 0.25) is 15.9 Å². The highest BCUT2D eigenvalue weighted by molar-refractivity contribution is 7.89.